The van der Waals surface area contributed by atoms with Crippen LogP contribution in [0.25, 0.3) is 0 Å². The molecule has 1 aromatic carbocycles. The number of hydrogen-bond acceptors (Lipinski definition) is 7. The second-order valence-electron chi connectivity index (χ2n) is 6.30. The van der Waals surface area contributed by atoms with Crippen molar-refractivity contribution in [3.63, 3.8) is 0 Å². The van der Waals surface area contributed by atoms with Crippen LogP contribution >= 0.6 is 0 Å². The molecule has 1 aromatic rings. The summed E-state index contributed by atoms with van der Waals surface area (Å²) >= 11 is 0. The average Bonchev–Trinajstić information content (AvgIpc) is 2.75. The summed E-state index contributed by atoms with van der Waals surface area (Å²) in [5, 5.41) is 18.1. The second kappa shape index (κ2) is 14.5. The summed E-state index contributed by atoms with van der Waals surface area (Å²) in [6.07, 6.45) is -0.0254. The number of carbonyl (C=O) groups is 5. The number of rotatable bonds is 14. The molecule has 0 heterocycles. The van der Waals surface area contributed by atoms with E-state index in [0.717, 1.165) is 5.56 Å². The molecular weight excluding hydrogens is 410 g/mol. The first kappa shape index (κ1) is 25.5. The minimum Gasteiger partial charge on any atom is -0.481 e. The number of amides is 4. The molecule has 12 heteroatoms. The Morgan fingerprint density at radius 3 is 2.26 bits per heavy atom. The molecule has 0 unspecified atom stereocenters. The highest BCUT2D eigenvalue weighted by Crippen LogP contribution is 2.03. The van der Waals surface area contributed by atoms with Gasteiger partial charge < -0.3 is 36.8 Å². The summed E-state index contributed by atoms with van der Waals surface area (Å²) < 4.78 is 4.93. The van der Waals surface area contributed by atoms with Crippen LogP contribution in [0.5, 0.6) is 0 Å². The minimum absolute atomic E-state index is 0.0617. The zero-order valence-electron chi connectivity index (χ0n) is 16.9. The van der Waals surface area contributed by atoms with Crippen LogP contribution in [-0.2, 0) is 35.1 Å². The second-order valence-corrected chi connectivity index (χ2v) is 6.30. The average molecular weight is 437 g/mol. The Morgan fingerprint density at radius 2 is 1.61 bits per heavy atom. The lowest BCUT2D eigenvalue weighted by Gasteiger charge is -2.19. The number of aliphatic carboxylic acids is 1. The van der Waals surface area contributed by atoms with Crippen LogP contribution < -0.4 is 27.0 Å². The van der Waals surface area contributed by atoms with Crippen molar-refractivity contribution in [2.75, 3.05) is 33.0 Å². The lowest BCUT2D eigenvalue weighted by atomic mass is 10.1. The highest BCUT2D eigenvalue weighted by molar-refractivity contribution is 5.92. The smallest absolute Gasteiger partial charge is 0.305 e. The number of carboxylic acids is 1. The Kier molecular flexibility index (Phi) is 11.9. The fourth-order valence-electron chi connectivity index (χ4n) is 2.27. The number of benzene rings is 1. The fraction of sp³-hybridized carbons (Fsp3) is 0.421. The van der Waals surface area contributed by atoms with E-state index in [4.69, 9.17) is 15.6 Å². The lowest BCUT2D eigenvalue weighted by molar-refractivity contribution is -0.138. The van der Waals surface area contributed by atoms with Gasteiger partial charge in [-0.05, 0) is 5.56 Å². The predicted molar refractivity (Wildman–Crippen MR) is 108 cm³/mol. The van der Waals surface area contributed by atoms with Crippen molar-refractivity contribution in [1.29, 1.82) is 0 Å². The van der Waals surface area contributed by atoms with E-state index >= 15 is 0 Å². The molecule has 0 aliphatic carbocycles. The summed E-state index contributed by atoms with van der Waals surface area (Å²) in [5.41, 5.74) is 5.94. The van der Waals surface area contributed by atoms with E-state index in [1.54, 1.807) is 24.3 Å². The molecule has 1 rings (SSSR count). The Labute approximate surface area is 178 Å². The molecule has 0 aromatic heterocycles. The SMILES string of the molecule is NCC(=O)NCC(=O)N[C@@H](Cc1ccccc1)C(=O)NCC(=O)NCOCCC(=O)O. The standard InChI is InChI=1S/C19H27N5O7/c20-9-15(25)21-11-17(27)24-14(8-13-4-2-1-3-5-13)19(30)22-10-16(26)23-12-31-7-6-18(28)29/h1-5,14H,6-12,20H2,(H,21,25)(H,22,30)(H,23,26)(H,24,27)(H,28,29)/t14-/m0/s1. The molecule has 0 saturated heterocycles. The first-order valence-corrected chi connectivity index (χ1v) is 9.45. The number of nitrogens with one attached hydrogen (secondary N) is 4. The van der Waals surface area contributed by atoms with Gasteiger partial charge in [0.15, 0.2) is 0 Å². The molecule has 12 nitrogen and oxygen atoms in total. The van der Waals surface area contributed by atoms with Crippen LogP contribution in [0.3, 0.4) is 0 Å². The van der Waals surface area contributed by atoms with E-state index in [9.17, 15) is 24.0 Å². The fourth-order valence-corrected chi connectivity index (χ4v) is 2.27. The molecule has 170 valence electrons. The molecule has 31 heavy (non-hydrogen) atoms. The van der Waals surface area contributed by atoms with Crippen LogP contribution in [0.2, 0.25) is 0 Å². The molecule has 0 aliphatic rings. The summed E-state index contributed by atoms with van der Waals surface area (Å²) in [4.78, 5) is 57.9. The molecule has 0 fully saturated rings. The van der Waals surface area contributed by atoms with Crippen LogP contribution in [0.4, 0.5) is 0 Å². The number of nitrogens with two attached hydrogens (primary N) is 1. The third-order valence-electron chi connectivity index (χ3n) is 3.82. The zero-order chi connectivity index (χ0) is 23.1. The summed E-state index contributed by atoms with van der Waals surface area (Å²) in [5.74, 6) is -3.27. The summed E-state index contributed by atoms with van der Waals surface area (Å²) in [6, 6.07) is 7.96. The maximum absolute atomic E-state index is 12.5. The normalized spacial score (nSPS) is 11.1. The van der Waals surface area contributed by atoms with Crippen molar-refractivity contribution < 1.29 is 33.8 Å². The highest BCUT2D eigenvalue weighted by atomic mass is 16.5. The maximum Gasteiger partial charge on any atom is 0.305 e. The first-order chi connectivity index (χ1) is 14.8. The van der Waals surface area contributed by atoms with Crippen LogP contribution in [0, 0.1) is 0 Å². The predicted octanol–water partition coefficient (Wildman–Crippen LogP) is -2.53. The van der Waals surface area contributed by atoms with E-state index in [-0.39, 0.29) is 45.8 Å². The van der Waals surface area contributed by atoms with Crippen molar-refractivity contribution in [1.82, 2.24) is 21.3 Å². The van der Waals surface area contributed by atoms with Crippen molar-refractivity contribution in [3.05, 3.63) is 35.9 Å². The van der Waals surface area contributed by atoms with E-state index in [1.165, 1.54) is 0 Å². The van der Waals surface area contributed by atoms with Gasteiger partial charge in [0.1, 0.15) is 12.8 Å². The molecule has 0 bridgehead atoms. The highest BCUT2D eigenvalue weighted by Gasteiger charge is 2.22. The van der Waals surface area contributed by atoms with Gasteiger partial charge in [0.25, 0.3) is 0 Å². The molecule has 0 saturated carbocycles. The Bertz CT molecular complexity index is 757. The number of hydrogen-bond donors (Lipinski definition) is 6. The third-order valence-corrected chi connectivity index (χ3v) is 3.82. The lowest BCUT2D eigenvalue weighted by Crippen LogP contribution is -2.52. The summed E-state index contributed by atoms with van der Waals surface area (Å²) in [7, 11) is 0. The molecule has 4 amide bonds. The zero-order valence-corrected chi connectivity index (χ0v) is 16.9. The first-order valence-electron chi connectivity index (χ1n) is 9.45. The van der Waals surface area contributed by atoms with Crippen molar-refractivity contribution in [2.45, 2.75) is 18.9 Å². The van der Waals surface area contributed by atoms with Gasteiger partial charge in [-0.3, -0.25) is 24.0 Å². The van der Waals surface area contributed by atoms with Crippen molar-refractivity contribution >= 4 is 29.6 Å². The van der Waals surface area contributed by atoms with Gasteiger partial charge in [0.2, 0.25) is 23.6 Å². The number of carbonyl (C=O) groups excluding carboxylic acids is 4. The molecule has 7 N–H and O–H groups in total. The molecule has 0 radical (unpaired) electrons. The Hall–Kier alpha value is -3.51. The van der Waals surface area contributed by atoms with Crippen LogP contribution in [0.15, 0.2) is 30.3 Å². The van der Waals surface area contributed by atoms with Gasteiger partial charge in [-0.15, -0.1) is 0 Å². The molecule has 0 aliphatic heterocycles. The molecule has 1 atom stereocenters. The Morgan fingerprint density at radius 1 is 0.935 bits per heavy atom. The van der Waals surface area contributed by atoms with E-state index < -0.39 is 35.6 Å². The van der Waals surface area contributed by atoms with Gasteiger partial charge in [0, 0.05) is 6.42 Å². The largest absolute Gasteiger partial charge is 0.481 e. The van der Waals surface area contributed by atoms with Crippen LogP contribution in [-0.4, -0.2) is 73.7 Å². The van der Waals surface area contributed by atoms with Gasteiger partial charge >= 0.3 is 5.97 Å². The van der Waals surface area contributed by atoms with E-state index in [2.05, 4.69) is 21.3 Å². The van der Waals surface area contributed by atoms with Crippen LogP contribution in [0.1, 0.15) is 12.0 Å². The minimum atomic E-state index is -1.02. The van der Waals surface area contributed by atoms with Gasteiger partial charge in [-0.1, -0.05) is 30.3 Å². The Balaban J connectivity index is 2.54. The molecular formula is C19H27N5O7. The molecule has 0 spiro atoms. The topological polar surface area (TPSA) is 189 Å². The summed E-state index contributed by atoms with van der Waals surface area (Å²) in [6.45, 7) is -1.24. The number of ether oxygens (including phenoxy) is 1. The maximum atomic E-state index is 12.5. The number of carboxylic acid groups (broad SMARTS) is 1. The van der Waals surface area contributed by atoms with E-state index in [0.29, 0.717) is 0 Å². The third kappa shape index (κ3) is 11.9. The van der Waals surface area contributed by atoms with Gasteiger partial charge in [0.05, 0.1) is 32.7 Å². The quantitative estimate of drug-likeness (QED) is 0.136. The van der Waals surface area contributed by atoms with Gasteiger partial charge in [-0.25, -0.2) is 0 Å². The van der Waals surface area contributed by atoms with Crippen molar-refractivity contribution in [3.8, 4) is 0 Å². The monoisotopic (exact) mass is 437 g/mol. The van der Waals surface area contributed by atoms with Gasteiger partial charge in [-0.2, -0.15) is 0 Å². The van der Waals surface area contributed by atoms with E-state index in [1.807, 2.05) is 6.07 Å². The van der Waals surface area contributed by atoms with Crippen molar-refractivity contribution in [2.24, 2.45) is 5.73 Å².